The summed E-state index contributed by atoms with van der Waals surface area (Å²) in [6.07, 6.45) is -2.16. The van der Waals surface area contributed by atoms with Crippen LogP contribution in [0.4, 0.5) is 5.82 Å². The fourth-order valence-corrected chi connectivity index (χ4v) is 3.52. The van der Waals surface area contributed by atoms with Crippen LogP contribution in [0.5, 0.6) is 0 Å². The fraction of sp³-hybridized carbons (Fsp3) is 0.556. The van der Waals surface area contributed by atoms with Crippen LogP contribution < -0.4 is 80.3 Å². The van der Waals surface area contributed by atoms with E-state index in [-0.39, 0.29) is 71.4 Å². The Balaban J connectivity index is 0.00000312. The van der Waals surface area contributed by atoms with Crippen LogP contribution in [-0.4, -0.2) is 38.4 Å². The van der Waals surface area contributed by atoms with Crippen LogP contribution in [0.15, 0.2) is 17.1 Å². The first-order valence-corrected chi connectivity index (χ1v) is 9.31. The van der Waals surface area contributed by atoms with Crippen molar-refractivity contribution in [3.63, 3.8) is 0 Å². The molecule has 0 amide bonds. The Labute approximate surface area is 191 Å². The van der Waals surface area contributed by atoms with E-state index in [0.29, 0.717) is 0 Å². The zero-order chi connectivity index (χ0) is 18.1. The van der Waals surface area contributed by atoms with Crippen molar-refractivity contribution in [3.8, 4) is 0 Å². The second-order valence-corrected chi connectivity index (χ2v) is 7.51. The Morgan fingerprint density at radius 2 is 2.04 bits per heavy atom. The molecule has 26 heavy (non-hydrogen) atoms. The standard InChI is InChI=1S/C9H15N3O10P2.2Na/c10-7-1-2-12(9(14)11-7)8-3-5(13)6(21-8)4-20-24(18,19)22-23(15,16)17;;/h1-2,5-6,8,13H,3-4H2,(H,18,19)(H2,10,11,14)(H2,15,16,17);;/q;2*+1/p-2. The Hall–Kier alpha value is 0.860. The van der Waals surface area contributed by atoms with Crippen molar-refractivity contribution < 1.29 is 102 Å². The van der Waals surface area contributed by atoms with Gasteiger partial charge in [-0.15, -0.1) is 0 Å². The van der Waals surface area contributed by atoms with Crippen LogP contribution in [0, 0.1) is 0 Å². The molecule has 1 fully saturated rings. The number of nitrogens with two attached hydrogens (primary N) is 1. The third-order valence-electron chi connectivity index (χ3n) is 2.97. The van der Waals surface area contributed by atoms with E-state index in [1.807, 2.05) is 0 Å². The van der Waals surface area contributed by atoms with Gasteiger partial charge in [-0.25, -0.2) is 9.11 Å². The average Bonchev–Trinajstić information content (AvgIpc) is 2.75. The minimum absolute atomic E-state index is 0. The van der Waals surface area contributed by atoms with Gasteiger partial charge < -0.3 is 34.8 Å². The van der Waals surface area contributed by atoms with Gasteiger partial charge in [-0.05, 0) is 6.07 Å². The number of phosphoric ester groups is 1. The molecule has 5 unspecified atom stereocenters. The van der Waals surface area contributed by atoms with Crippen LogP contribution >= 0.6 is 15.6 Å². The van der Waals surface area contributed by atoms with Crippen molar-refractivity contribution in [2.45, 2.75) is 24.9 Å². The molecule has 1 aliphatic rings. The van der Waals surface area contributed by atoms with Gasteiger partial charge in [0.15, 0.2) is 0 Å². The Morgan fingerprint density at radius 3 is 2.58 bits per heavy atom. The zero-order valence-corrected chi connectivity index (χ0v) is 19.6. The molecule has 0 spiro atoms. The van der Waals surface area contributed by atoms with Crippen molar-refractivity contribution in [2.75, 3.05) is 12.3 Å². The summed E-state index contributed by atoms with van der Waals surface area (Å²) in [6, 6.07) is 1.33. The van der Waals surface area contributed by atoms with E-state index in [9.17, 15) is 28.8 Å². The van der Waals surface area contributed by atoms with Gasteiger partial charge in [0, 0.05) is 12.6 Å². The van der Waals surface area contributed by atoms with Crippen LogP contribution in [-0.2, 0) is 22.7 Å². The number of rotatable bonds is 6. The summed E-state index contributed by atoms with van der Waals surface area (Å²) in [5.74, 6) is -0.00910. The number of hydrogen-bond acceptors (Lipinski definition) is 11. The second-order valence-electron chi connectivity index (χ2n) is 4.77. The topological polar surface area (TPSA) is 209 Å². The summed E-state index contributed by atoms with van der Waals surface area (Å²) in [5, 5.41) is 9.83. The summed E-state index contributed by atoms with van der Waals surface area (Å²) in [4.78, 5) is 45.1. The van der Waals surface area contributed by atoms with Gasteiger partial charge in [0.05, 0.1) is 12.7 Å². The average molecular weight is 431 g/mol. The molecule has 136 valence electrons. The van der Waals surface area contributed by atoms with Gasteiger partial charge in [-0.1, -0.05) is 0 Å². The Morgan fingerprint density at radius 1 is 1.42 bits per heavy atom. The molecule has 2 heterocycles. The summed E-state index contributed by atoms with van der Waals surface area (Å²) in [6.45, 7) is -0.796. The molecule has 1 aliphatic heterocycles. The minimum atomic E-state index is -5.55. The van der Waals surface area contributed by atoms with Crippen LogP contribution in [0.25, 0.3) is 0 Å². The molecule has 2 rings (SSSR count). The molecule has 4 N–H and O–H groups in total. The van der Waals surface area contributed by atoms with Gasteiger partial charge in [-0.2, -0.15) is 4.98 Å². The zero-order valence-electron chi connectivity index (χ0n) is 13.8. The summed E-state index contributed by atoms with van der Waals surface area (Å²) in [5.41, 5.74) is 4.61. The van der Waals surface area contributed by atoms with E-state index in [1.54, 1.807) is 0 Å². The van der Waals surface area contributed by atoms with E-state index in [4.69, 9.17) is 15.4 Å². The Bertz CT molecular complexity index is 758. The quantitative estimate of drug-likeness (QED) is 0.283. The first kappa shape index (κ1) is 26.9. The number of nitrogens with zero attached hydrogens (tertiary/aromatic N) is 2. The van der Waals surface area contributed by atoms with E-state index < -0.39 is 46.4 Å². The number of aliphatic hydroxyl groups excluding tert-OH is 1. The van der Waals surface area contributed by atoms with Crippen LogP contribution in [0.1, 0.15) is 12.6 Å². The van der Waals surface area contributed by atoms with Gasteiger partial charge in [0.25, 0.3) is 15.6 Å². The molecule has 13 nitrogen and oxygen atoms in total. The molecule has 0 bridgehead atoms. The van der Waals surface area contributed by atoms with Gasteiger partial charge >= 0.3 is 64.8 Å². The van der Waals surface area contributed by atoms with Crippen molar-refractivity contribution in [3.05, 3.63) is 22.7 Å². The van der Waals surface area contributed by atoms with Crippen molar-refractivity contribution in [1.29, 1.82) is 0 Å². The predicted octanol–water partition coefficient (Wildman–Crippen LogP) is -8.56. The number of phosphoric acid groups is 2. The number of ether oxygens (including phenoxy) is 1. The molecule has 17 heteroatoms. The number of aromatic nitrogens is 2. The normalized spacial score (nSPS) is 26.8. The molecule has 0 aliphatic carbocycles. The molecule has 1 aromatic rings. The smallest absolute Gasteiger partial charge is 0.756 e. The van der Waals surface area contributed by atoms with E-state index in [2.05, 4.69) is 13.8 Å². The molecule has 5 atom stereocenters. The number of anilines is 1. The van der Waals surface area contributed by atoms with Gasteiger partial charge in [0.1, 0.15) is 18.1 Å². The van der Waals surface area contributed by atoms with Crippen molar-refractivity contribution in [2.24, 2.45) is 0 Å². The number of nitrogen functional groups attached to an aromatic ring is 1. The first-order chi connectivity index (χ1) is 11.0. The van der Waals surface area contributed by atoms with E-state index in [0.717, 1.165) is 4.57 Å². The molecule has 0 saturated carbocycles. The maximum absolute atomic E-state index is 11.7. The SMILES string of the molecule is Nc1ccn(C2CC(O)C(COP(=O)([O-])OP(=O)([O-])O)O2)c(=O)n1.[Na+].[Na+]. The van der Waals surface area contributed by atoms with Crippen molar-refractivity contribution in [1.82, 2.24) is 9.55 Å². The fourth-order valence-electron chi connectivity index (χ4n) is 2.00. The molecular weight excluding hydrogens is 418 g/mol. The second kappa shape index (κ2) is 10.6. The molecular formula is C9H13N3Na2O10P2. The van der Waals surface area contributed by atoms with Crippen molar-refractivity contribution >= 4 is 21.5 Å². The Kier molecular flexibility index (Phi) is 10.9. The minimum Gasteiger partial charge on any atom is -0.756 e. The first-order valence-electron chi connectivity index (χ1n) is 6.36. The van der Waals surface area contributed by atoms with Gasteiger partial charge in [0.2, 0.25) is 0 Å². The molecule has 0 radical (unpaired) electrons. The maximum atomic E-state index is 11.7. The third kappa shape index (κ3) is 8.08. The van der Waals surface area contributed by atoms with Crippen LogP contribution in [0.2, 0.25) is 0 Å². The van der Waals surface area contributed by atoms with E-state index >= 15 is 0 Å². The molecule has 0 aromatic carbocycles. The third-order valence-corrected chi connectivity index (χ3v) is 5.06. The molecule has 1 aromatic heterocycles. The number of hydrogen-bond donors (Lipinski definition) is 3. The predicted molar refractivity (Wildman–Crippen MR) is 71.9 cm³/mol. The summed E-state index contributed by atoms with van der Waals surface area (Å²) in [7, 11) is -10.9. The summed E-state index contributed by atoms with van der Waals surface area (Å²) < 4.78 is 35.5. The monoisotopic (exact) mass is 431 g/mol. The van der Waals surface area contributed by atoms with Crippen LogP contribution in [0.3, 0.4) is 0 Å². The largest absolute Gasteiger partial charge is 1.00 e. The summed E-state index contributed by atoms with van der Waals surface area (Å²) >= 11 is 0. The number of aliphatic hydroxyl groups is 1. The van der Waals surface area contributed by atoms with E-state index in [1.165, 1.54) is 12.3 Å². The van der Waals surface area contributed by atoms with Gasteiger partial charge in [-0.3, -0.25) is 13.7 Å². The maximum Gasteiger partial charge on any atom is 1.00 e. The molecule has 1 saturated heterocycles.